The average molecular weight is 419 g/mol. The van der Waals surface area contributed by atoms with Crippen LogP contribution >= 0.6 is 35.1 Å². The Morgan fingerprint density at radius 1 is 1.15 bits per heavy atom. The number of nitrogens with zero attached hydrogens (tertiary/aromatic N) is 3. The SMILES string of the molecule is CSc1ccccc1NC(=O)[C@@H](C)Sc1nnc(-c2ccccc2Cl)n1C. The molecule has 0 aliphatic rings. The summed E-state index contributed by atoms with van der Waals surface area (Å²) in [6.07, 6.45) is 1.99. The smallest absolute Gasteiger partial charge is 0.237 e. The van der Waals surface area contributed by atoms with E-state index in [4.69, 9.17) is 11.6 Å². The Bertz CT molecular complexity index is 960. The lowest BCUT2D eigenvalue weighted by atomic mass is 10.2. The molecule has 0 saturated heterocycles. The van der Waals surface area contributed by atoms with Crippen LogP contribution in [0.2, 0.25) is 5.02 Å². The van der Waals surface area contributed by atoms with Crippen molar-refractivity contribution in [1.29, 1.82) is 0 Å². The molecule has 1 heterocycles. The number of thioether (sulfide) groups is 2. The number of halogens is 1. The molecule has 1 N–H and O–H groups in total. The predicted molar refractivity (Wildman–Crippen MR) is 114 cm³/mol. The molecule has 1 atom stereocenters. The van der Waals surface area contributed by atoms with E-state index in [2.05, 4.69) is 15.5 Å². The van der Waals surface area contributed by atoms with Gasteiger partial charge in [0.1, 0.15) is 0 Å². The first kappa shape index (κ1) is 19.8. The van der Waals surface area contributed by atoms with Gasteiger partial charge < -0.3 is 9.88 Å². The third-order valence-corrected chi connectivity index (χ3v) is 6.23. The second-order valence-corrected chi connectivity index (χ2v) is 8.36. The molecule has 0 fully saturated rings. The number of anilines is 1. The van der Waals surface area contributed by atoms with Crippen LogP contribution in [0, 0.1) is 0 Å². The van der Waals surface area contributed by atoms with E-state index in [0.717, 1.165) is 16.1 Å². The minimum atomic E-state index is -0.332. The van der Waals surface area contributed by atoms with E-state index >= 15 is 0 Å². The third-order valence-electron chi connectivity index (χ3n) is 3.97. The lowest BCUT2D eigenvalue weighted by molar-refractivity contribution is -0.115. The van der Waals surface area contributed by atoms with Gasteiger partial charge in [-0.05, 0) is 37.4 Å². The molecular weight excluding hydrogens is 400 g/mol. The number of benzene rings is 2. The maximum Gasteiger partial charge on any atom is 0.237 e. The number of carbonyl (C=O) groups is 1. The molecule has 0 aliphatic heterocycles. The molecule has 0 saturated carbocycles. The fourth-order valence-electron chi connectivity index (χ4n) is 2.49. The van der Waals surface area contributed by atoms with E-state index in [1.54, 1.807) is 11.8 Å². The lowest BCUT2D eigenvalue weighted by Crippen LogP contribution is -2.23. The Morgan fingerprint density at radius 2 is 1.85 bits per heavy atom. The van der Waals surface area contributed by atoms with E-state index < -0.39 is 0 Å². The van der Waals surface area contributed by atoms with Crippen LogP contribution in [0.5, 0.6) is 0 Å². The quantitative estimate of drug-likeness (QED) is 0.572. The largest absolute Gasteiger partial charge is 0.324 e. The summed E-state index contributed by atoms with van der Waals surface area (Å²) in [5.41, 5.74) is 1.63. The van der Waals surface area contributed by atoms with Crippen molar-refractivity contribution < 1.29 is 4.79 Å². The molecule has 0 unspecified atom stereocenters. The second kappa shape index (κ2) is 8.82. The molecule has 3 rings (SSSR count). The molecule has 0 spiro atoms. The van der Waals surface area contributed by atoms with Crippen molar-refractivity contribution in [2.24, 2.45) is 7.05 Å². The highest BCUT2D eigenvalue weighted by Crippen LogP contribution is 2.30. The van der Waals surface area contributed by atoms with E-state index in [-0.39, 0.29) is 11.2 Å². The summed E-state index contributed by atoms with van der Waals surface area (Å²) in [5, 5.41) is 12.4. The Morgan fingerprint density at radius 3 is 2.59 bits per heavy atom. The number of hydrogen-bond donors (Lipinski definition) is 1. The third kappa shape index (κ3) is 4.48. The number of rotatable bonds is 6. The maximum atomic E-state index is 12.6. The first-order valence-corrected chi connectivity index (χ1v) is 10.7. The van der Waals surface area contributed by atoms with Crippen LogP contribution in [0.4, 0.5) is 5.69 Å². The van der Waals surface area contributed by atoms with Gasteiger partial charge in [0.2, 0.25) is 5.91 Å². The highest BCUT2D eigenvalue weighted by molar-refractivity contribution is 8.00. The summed E-state index contributed by atoms with van der Waals surface area (Å²) in [6.45, 7) is 1.85. The van der Waals surface area contributed by atoms with Crippen molar-refractivity contribution >= 4 is 46.7 Å². The van der Waals surface area contributed by atoms with Crippen molar-refractivity contribution in [3.05, 3.63) is 53.6 Å². The van der Waals surface area contributed by atoms with Crippen LogP contribution in [0.15, 0.2) is 58.6 Å². The fourth-order valence-corrected chi connectivity index (χ4v) is 4.08. The Hall–Kier alpha value is -1.96. The molecule has 3 aromatic rings. The van der Waals surface area contributed by atoms with Gasteiger partial charge in [0.05, 0.1) is 16.0 Å². The van der Waals surface area contributed by atoms with Crippen LogP contribution in [-0.4, -0.2) is 32.2 Å². The average Bonchev–Trinajstić information content (AvgIpc) is 3.03. The minimum Gasteiger partial charge on any atom is -0.324 e. The summed E-state index contributed by atoms with van der Waals surface area (Å²) >= 11 is 9.22. The molecule has 0 bridgehead atoms. The number of nitrogens with one attached hydrogen (secondary N) is 1. The molecule has 5 nitrogen and oxygen atoms in total. The van der Waals surface area contributed by atoms with Gasteiger partial charge in [-0.25, -0.2) is 0 Å². The van der Waals surface area contributed by atoms with Crippen molar-refractivity contribution in [3.63, 3.8) is 0 Å². The summed E-state index contributed by atoms with van der Waals surface area (Å²) in [4.78, 5) is 13.6. The van der Waals surface area contributed by atoms with E-state index in [1.165, 1.54) is 11.8 Å². The Kier molecular flexibility index (Phi) is 6.46. The highest BCUT2D eigenvalue weighted by Gasteiger charge is 2.20. The van der Waals surface area contributed by atoms with Gasteiger partial charge in [0, 0.05) is 17.5 Å². The van der Waals surface area contributed by atoms with Crippen LogP contribution in [0.3, 0.4) is 0 Å². The molecule has 1 amide bonds. The van der Waals surface area contributed by atoms with Crippen LogP contribution < -0.4 is 5.32 Å². The molecule has 0 aliphatic carbocycles. The Labute approximate surface area is 171 Å². The van der Waals surface area contributed by atoms with Gasteiger partial charge in [0.15, 0.2) is 11.0 Å². The molecular formula is C19H19ClN4OS2. The number of aromatic nitrogens is 3. The summed E-state index contributed by atoms with van der Waals surface area (Å²) < 4.78 is 1.85. The maximum absolute atomic E-state index is 12.6. The van der Waals surface area contributed by atoms with E-state index in [9.17, 15) is 4.79 Å². The number of para-hydroxylation sites is 1. The zero-order valence-corrected chi connectivity index (χ0v) is 17.5. The lowest BCUT2D eigenvalue weighted by Gasteiger charge is -2.13. The van der Waals surface area contributed by atoms with Crippen molar-refractivity contribution in [3.8, 4) is 11.4 Å². The normalized spacial score (nSPS) is 12.0. The predicted octanol–water partition coefficient (Wildman–Crippen LogP) is 4.98. The van der Waals surface area contributed by atoms with E-state index in [1.807, 2.05) is 73.3 Å². The second-order valence-electron chi connectivity index (χ2n) is 5.79. The monoisotopic (exact) mass is 418 g/mol. The van der Waals surface area contributed by atoms with Crippen molar-refractivity contribution in [1.82, 2.24) is 14.8 Å². The van der Waals surface area contributed by atoms with Crippen LogP contribution in [0.25, 0.3) is 11.4 Å². The minimum absolute atomic E-state index is 0.0798. The summed E-state index contributed by atoms with van der Waals surface area (Å²) in [6, 6.07) is 15.2. The summed E-state index contributed by atoms with van der Waals surface area (Å²) in [5.74, 6) is 0.590. The van der Waals surface area contributed by atoms with Crippen molar-refractivity contribution in [2.75, 3.05) is 11.6 Å². The topological polar surface area (TPSA) is 59.8 Å². The molecule has 1 aromatic heterocycles. The number of hydrogen-bond acceptors (Lipinski definition) is 5. The number of amides is 1. The van der Waals surface area contributed by atoms with Gasteiger partial charge in [-0.15, -0.1) is 22.0 Å². The summed E-state index contributed by atoms with van der Waals surface area (Å²) in [7, 11) is 1.87. The first-order valence-electron chi connectivity index (χ1n) is 8.26. The first-order chi connectivity index (χ1) is 13.0. The Balaban J connectivity index is 1.74. The number of carbonyl (C=O) groups excluding carboxylic acids is 1. The van der Waals surface area contributed by atoms with Crippen LogP contribution in [0.1, 0.15) is 6.92 Å². The molecule has 8 heteroatoms. The van der Waals surface area contributed by atoms with Gasteiger partial charge in [-0.3, -0.25) is 4.79 Å². The molecule has 0 radical (unpaired) electrons. The van der Waals surface area contributed by atoms with E-state index in [0.29, 0.717) is 16.0 Å². The molecule has 2 aromatic carbocycles. The molecule has 140 valence electrons. The van der Waals surface area contributed by atoms with Gasteiger partial charge >= 0.3 is 0 Å². The van der Waals surface area contributed by atoms with Gasteiger partial charge in [-0.1, -0.05) is 47.6 Å². The highest BCUT2D eigenvalue weighted by atomic mass is 35.5. The van der Waals surface area contributed by atoms with Gasteiger partial charge in [0.25, 0.3) is 0 Å². The van der Waals surface area contributed by atoms with Crippen LogP contribution in [-0.2, 0) is 11.8 Å². The zero-order valence-electron chi connectivity index (χ0n) is 15.1. The van der Waals surface area contributed by atoms with Crippen molar-refractivity contribution in [2.45, 2.75) is 22.2 Å². The molecule has 27 heavy (non-hydrogen) atoms. The standard InChI is InChI=1S/C19H19ClN4OS2/c1-12(18(25)21-15-10-6-7-11-16(15)26-3)27-19-23-22-17(24(19)2)13-8-4-5-9-14(13)20/h4-12H,1-3H3,(H,21,25)/t12-/m1/s1. The van der Waals surface area contributed by atoms with Gasteiger partial charge in [-0.2, -0.15) is 0 Å². The fraction of sp³-hybridized carbons (Fsp3) is 0.211. The zero-order chi connectivity index (χ0) is 19.4.